The number of hydrogen-bond donors (Lipinski definition) is 0. The van der Waals surface area contributed by atoms with E-state index in [9.17, 15) is 0 Å². The molecule has 0 aliphatic heterocycles. The molecule has 0 aliphatic rings. The van der Waals surface area contributed by atoms with Gasteiger partial charge in [0.25, 0.3) is 0 Å². The van der Waals surface area contributed by atoms with Gasteiger partial charge >= 0.3 is 6.00 Å². The lowest BCUT2D eigenvalue weighted by atomic mass is 10.0. The van der Waals surface area contributed by atoms with Gasteiger partial charge in [0.05, 0.1) is 0 Å². The summed E-state index contributed by atoms with van der Waals surface area (Å²) >= 11 is 18.5. The molecular formula is C13H25Cl3Si. The summed E-state index contributed by atoms with van der Waals surface area (Å²) < 4.78 is 0. The molecule has 0 spiro atoms. The Balaban J connectivity index is 4.09. The Morgan fingerprint density at radius 3 is 2.12 bits per heavy atom. The minimum absolute atomic E-state index is 0.251. The van der Waals surface area contributed by atoms with Crippen LogP contribution in [0.5, 0.6) is 0 Å². The van der Waals surface area contributed by atoms with E-state index in [4.69, 9.17) is 33.2 Å². The fourth-order valence-electron chi connectivity index (χ4n) is 1.91. The lowest BCUT2D eigenvalue weighted by molar-refractivity contribution is 0.633. The largest absolute Gasteiger partial charge is 0.344 e. The highest BCUT2D eigenvalue weighted by atomic mass is 35.8. The van der Waals surface area contributed by atoms with E-state index < -0.39 is 6.00 Å². The summed E-state index contributed by atoms with van der Waals surface area (Å²) in [5.41, 5.74) is 1.51. The Hall–Kier alpha value is 0.827. The highest BCUT2D eigenvalue weighted by molar-refractivity contribution is 7.65. The lowest BCUT2D eigenvalue weighted by Gasteiger charge is -2.23. The summed E-state index contributed by atoms with van der Waals surface area (Å²) in [6.07, 6.45) is 9.07. The number of allylic oxidation sites excluding steroid dienone is 1. The zero-order chi connectivity index (χ0) is 13.3. The molecule has 0 saturated heterocycles. The van der Waals surface area contributed by atoms with E-state index in [1.54, 1.807) is 0 Å². The molecule has 0 nitrogen and oxygen atoms in total. The van der Waals surface area contributed by atoms with Gasteiger partial charge in [0.15, 0.2) is 0 Å². The predicted octanol–water partition coefficient (Wildman–Crippen LogP) is 6.73. The van der Waals surface area contributed by atoms with Crippen molar-refractivity contribution in [2.24, 2.45) is 0 Å². The minimum atomic E-state index is -2.58. The monoisotopic (exact) mass is 314 g/mol. The van der Waals surface area contributed by atoms with Gasteiger partial charge in [0.2, 0.25) is 0 Å². The third-order valence-corrected chi connectivity index (χ3v) is 7.23. The number of hydrogen-bond acceptors (Lipinski definition) is 0. The molecule has 0 aromatic rings. The summed E-state index contributed by atoms with van der Waals surface area (Å²) in [6.45, 7) is 8.52. The number of rotatable bonds is 10. The summed E-state index contributed by atoms with van der Waals surface area (Å²) in [5.74, 6) is 0. The van der Waals surface area contributed by atoms with E-state index >= 15 is 0 Å². The third-order valence-electron chi connectivity index (χ3n) is 3.04. The summed E-state index contributed by atoms with van der Waals surface area (Å²) in [6, 6.07) is -2.58. The van der Waals surface area contributed by atoms with Crippen LogP contribution in [0.15, 0.2) is 12.2 Å². The molecule has 0 radical (unpaired) electrons. The van der Waals surface area contributed by atoms with Crippen LogP contribution >= 0.6 is 33.2 Å². The molecule has 0 fully saturated rings. The molecule has 102 valence electrons. The third kappa shape index (κ3) is 9.41. The molecule has 1 atom stereocenters. The fraction of sp³-hybridized carbons (Fsp3) is 0.846. The van der Waals surface area contributed by atoms with E-state index in [0.717, 1.165) is 32.1 Å². The van der Waals surface area contributed by atoms with Crippen molar-refractivity contribution >= 4 is 39.2 Å². The summed E-state index contributed by atoms with van der Waals surface area (Å²) in [4.78, 5) is 0. The minimum Gasteiger partial charge on any atom is -0.126 e. The zero-order valence-corrected chi connectivity index (χ0v) is 14.3. The molecule has 17 heavy (non-hydrogen) atoms. The van der Waals surface area contributed by atoms with Crippen molar-refractivity contribution in [2.45, 2.75) is 70.8 Å². The molecule has 0 bridgehead atoms. The van der Waals surface area contributed by atoms with Gasteiger partial charge < -0.3 is 0 Å². The quantitative estimate of drug-likeness (QED) is 0.181. The second-order valence-corrected chi connectivity index (χ2v) is 13.8. The van der Waals surface area contributed by atoms with E-state index in [1.165, 1.54) is 24.8 Å². The first-order chi connectivity index (χ1) is 7.91. The molecule has 0 rings (SSSR count). The van der Waals surface area contributed by atoms with E-state index in [2.05, 4.69) is 20.4 Å². The Bertz CT molecular complexity index is 211. The first kappa shape index (κ1) is 17.8. The van der Waals surface area contributed by atoms with Crippen LogP contribution in [0.1, 0.15) is 65.2 Å². The smallest absolute Gasteiger partial charge is 0.126 e. The predicted molar refractivity (Wildman–Crippen MR) is 84.5 cm³/mol. The van der Waals surface area contributed by atoms with Gasteiger partial charge in [-0.1, -0.05) is 51.7 Å². The van der Waals surface area contributed by atoms with Crippen LogP contribution in [0.4, 0.5) is 0 Å². The molecule has 4 heteroatoms. The molecule has 0 saturated carbocycles. The van der Waals surface area contributed by atoms with Crippen LogP contribution in [-0.4, -0.2) is 6.00 Å². The first-order valence-corrected chi connectivity index (χ1v) is 11.8. The van der Waals surface area contributed by atoms with Crippen molar-refractivity contribution in [1.82, 2.24) is 0 Å². The van der Waals surface area contributed by atoms with Gasteiger partial charge in [-0.2, -0.15) is 0 Å². The van der Waals surface area contributed by atoms with Gasteiger partial charge in [-0.15, -0.1) is 33.2 Å². The molecule has 0 aliphatic carbocycles. The van der Waals surface area contributed by atoms with Crippen molar-refractivity contribution in [2.75, 3.05) is 0 Å². The highest BCUT2D eigenvalue weighted by Crippen LogP contribution is 2.42. The van der Waals surface area contributed by atoms with Crippen LogP contribution in [0, 0.1) is 0 Å². The molecule has 0 aromatic carbocycles. The van der Waals surface area contributed by atoms with E-state index in [0.29, 0.717) is 0 Å². The van der Waals surface area contributed by atoms with E-state index in [-0.39, 0.29) is 5.54 Å². The summed E-state index contributed by atoms with van der Waals surface area (Å²) in [5, 5.41) is 0. The van der Waals surface area contributed by atoms with Gasteiger partial charge in [-0.3, -0.25) is 0 Å². The van der Waals surface area contributed by atoms with Crippen molar-refractivity contribution in [3.8, 4) is 0 Å². The number of unbranched alkanes of at least 4 members (excludes halogenated alkanes) is 3. The Morgan fingerprint density at radius 2 is 1.65 bits per heavy atom. The molecule has 0 aromatic heterocycles. The topological polar surface area (TPSA) is 0 Å². The van der Waals surface area contributed by atoms with Crippen molar-refractivity contribution in [1.29, 1.82) is 0 Å². The molecular weight excluding hydrogens is 291 g/mol. The van der Waals surface area contributed by atoms with Crippen LogP contribution in [0.2, 0.25) is 5.54 Å². The summed E-state index contributed by atoms with van der Waals surface area (Å²) in [7, 11) is 0. The lowest BCUT2D eigenvalue weighted by Crippen LogP contribution is -2.20. The molecule has 1 unspecified atom stereocenters. The molecule has 0 N–H and O–H groups in total. The van der Waals surface area contributed by atoms with Crippen LogP contribution in [0.25, 0.3) is 0 Å². The SMILES string of the molecule is C=C(CCCCC)CC(CCCC)[Si](Cl)(Cl)Cl. The second-order valence-electron chi connectivity index (χ2n) is 4.79. The Morgan fingerprint density at radius 1 is 1.06 bits per heavy atom. The maximum atomic E-state index is 6.17. The van der Waals surface area contributed by atoms with Crippen LogP contribution < -0.4 is 0 Å². The first-order valence-electron chi connectivity index (χ1n) is 6.65. The normalized spacial score (nSPS) is 13.7. The maximum absolute atomic E-state index is 6.17. The van der Waals surface area contributed by atoms with Crippen molar-refractivity contribution in [3.05, 3.63) is 12.2 Å². The van der Waals surface area contributed by atoms with Gasteiger partial charge in [0.1, 0.15) is 0 Å². The van der Waals surface area contributed by atoms with Crippen LogP contribution in [-0.2, 0) is 0 Å². The average molecular weight is 316 g/mol. The van der Waals surface area contributed by atoms with Gasteiger partial charge in [-0.05, 0) is 31.2 Å². The second kappa shape index (κ2) is 9.72. The van der Waals surface area contributed by atoms with E-state index in [1.807, 2.05) is 0 Å². The maximum Gasteiger partial charge on any atom is 0.344 e. The zero-order valence-electron chi connectivity index (χ0n) is 11.1. The Labute approximate surface area is 122 Å². The van der Waals surface area contributed by atoms with Gasteiger partial charge in [0, 0.05) is 0 Å². The molecule has 0 heterocycles. The van der Waals surface area contributed by atoms with Crippen molar-refractivity contribution < 1.29 is 0 Å². The molecule has 0 amide bonds. The highest BCUT2D eigenvalue weighted by Gasteiger charge is 2.36. The van der Waals surface area contributed by atoms with Crippen molar-refractivity contribution in [3.63, 3.8) is 0 Å². The Kier molecular flexibility index (Phi) is 10.2. The van der Waals surface area contributed by atoms with Crippen LogP contribution in [0.3, 0.4) is 0 Å². The van der Waals surface area contributed by atoms with Gasteiger partial charge in [-0.25, -0.2) is 0 Å². The average Bonchev–Trinajstić information content (AvgIpc) is 2.23. The fourth-order valence-corrected chi connectivity index (χ4v) is 4.64. The number of halogens is 3. The standard InChI is InChI=1S/C13H25Cl3Si/c1-4-6-8-9-12(3)11-13(10-7-5-2)17(14,15)16/h13H,3-11H2,1-2H3.